The van der Waals surface area contributed by atoms with E-state index in [0.717, 1.165) is 42.0 Å². The summed E-state index contributed by atoms with van der Waals surface area (Å²) in [5.41, 5.74) is 1.72. The molecule has 1 aliphatic rings. The number of pyridine rings is 1. The molecular weight excluding hydrogens is 328 g/mol. The van der Waals surface area contributed by atoms with Crippen LogP contribution in [0.3, 0.4) is 0 Å². The first-order valence-corrected chi connectivity index (χ1v) is 8.61. The highest BCUT2D eigenvalue weighted by Crippen LogP contribution is 2.27. The Kier molecular flexibility index (Phi) is 4.86. The Bertz CT molecular complexity index is 761. The van der Waals surface area contributed by atoms with Crippen molar-refractivity contribution in [3.05, 3.63) is 51.0 Å². The third-order valence-electron chi connectivity index (χ3n) is 4.01. The molecule has 2 aromatic heterocycles. The van der Waals surface area contributed by atoms with Gasteiger partial charge in [-0.05, 0) is 44.0 Å². The van der Waals surface area contributed by atoms with E-state index in [1.807, 2.05) is 19.1 Å². The Morgan fingerprint density at radius 2 is 2.38 bits per heavy atom. The average molecular weight is 346 g/mol. The van der Waals surface area contributed by atoms with Crippen molar-refractivity contribution in [3.8, 4) is 0 Å². The number of aryl methyl sites for hydroxylation is 1. The van der Waals surface area contributed by atoms with Crippen LogP contribution in [0.25, 0.3) is 0 Å². The van der Waals surface area contributed by atoms with Gasteiger partial charge in [0.25, 0.3) is 0 Å². The molecule has 0 saturated carbocycles. The molecule has 24 heavy (non-hydrogen) atoms. The maximum absolute atomic E-state index is 12.5. The normalized spacial score (nSPS) is 17.8. The molecule has 126 valence electrons. The maximum Gasteiger partial charge on any atom is 0.324 e. The van der Waals surface area contributed by atoms with E-state index in [9.17, 15) is 14.9 Å². The Hall–Kier alpha value is -2.32. The molecule has 0 aliphatic carbocycles. The number of nitrogens with zero attached hydrogens (tertiary/aromatic N) is 3. The van der Waals surface area contributed by atoms with E-state index in [-0.39, 0.29) is 21.9 Å². The van der Waals surface area contributed by atoms with E-state index in [2.05, 4.69) is 15.2 Å². The average Bonchev–Trinajstić information content (AvgIpc) is 3.17. The third-order valence-corrected chi connectivity index (χ3v) is 4.94. The van der Waals surface area contributed by atoms with Crippen LogP contribution in [-0.4, -0.2) is 33.3 Å². The zero-order valence-corrected chi connectivity index (χ0v) is 14.1. The molecule has 3 heterocycles. The lowest BCUT2D eigenvalue weighted by Gasteiger charge is -2.23. The van der Waals surface area contributed by atoms with Gasteiger partial charge in [-0.15, -0.1) is 0 Å². The van der Waals surface area contributed by atoms with Gasteiger partial charge in [0, 0.05) is 23.7 Å². The number of nitrogens with one attached hydrogen (secondary N) is 1. The molecule has 3 rings (SSSR count). The first kappa shape index (κ1) is 16.5. The molecule has 8 heteroatoms. The summed E-state index contributed by atoms with van der Waals surface area (Å²) in [4.78, 5) is 29.3. The molecule has 0 bridgehead atoms. The van der Waals surface area contributed by atoms with Gasteiger partial charge in [0.2, 0.25) is 5.91 Å². The Balaban J connectivity index is 1.65. The van der Waals surface area contributed by atoms with Crippen molar-refractivity contribution >= 4 is 28.1 Å². The Morgan fingerprint density at radius 3 is 3.08 bits per heavy atom. The summed E-state index contributed by atoms with van der Waals surface area (Å²) in [6.45, 7) is 3.23. The number of amides is 1. The van der Waals surface area contributed by atoms with Crippen LogP contribution in [0.15, 0.2) is 29.6 Å². The highest BCUT2D eigenvalue weighted by molar-refractivity contribution is 7.13. The molecule has 0 radical (unpaired) electrons. The second-order valence-electron chi connectivity index (χ2n) is 5.83. The second kappa shape index (κ2) is 7.06. The van der Waals surface area contributed by atoms with Crippen LogP contribution in [0, 0.1) is 17.0 Å². The molecule has 0 aromatic carbocycles. The number of aromatic nitrogens is 1. The minimum Gasteiger partial charge on any atom is -0.309 e. The topological polar surface area (TPSA) is 88.4 Å². The monoisotopic (exact) mass is 346 g/mol. The summed E-state index contributed by atoms with van der Waals surface area (Å²) < 4.78 is 0. The SMILES string of the molecule is Cc1cccc(NC(=O)[C@@H]2CCCN2Cc2csc([N+](=O)[O-])c2)n1. The van der Waals surface area contributed by atoms with Gasteiger partial charge < -0.3 is 5.32 Å². The Labute approximate surface area is 143 Å². The molecule has 1 N–H and O–H groups in total. The molecule has 0 spiro atoms. The number of hydrogen-bond acceptors (Lipinski definition) is 6. The Morgan fingerprint density at radius 1 is 1.54 bits per heavy atom. The lowest BCUT2D eigenvalue weighted by molar-refractivity contribution is -0.380. The van der Waals surface area contributed by atoms with Crippen LogP contribution in [0.5, 0.6) is 0 Å². The zero-order chi connectivity index (χ0) is 17.1. The molecule has 0 unspecified atom stereocenters. The van der Waals surface area contributed by atoms with Crippen LogP contribution in [-0.2, 0) is 11.3 Å². The summed E-state index contributed by atoms with van der Waals surface area (Å²) >= 11 is 1.12. The van der Waals surface area contributed by atoms with Gasteiger partial charge in [-0.2, -0.15) is 0 Å². The first-order valence-electron chi connectivity index (χ1n) is 7.73. The maximum atomic E-state index is 12.5. The summed E-state index contributed by atoms with van der Waals surface area (Å²) in [7, 11) is 0. The number of nitro groups is 1. The number of rotatable bonds is 5. The summed E-state index contributed by atoms with van der Waals surface area (Å²) in [5, 5.41) is 15.6. The quantitative estimate of drug-likeness (QED) is 0.664. The van der Waals surface area contributed by atoms with Crippen molar-refractivity contribution in [1.82, 2.24) is 9.88 Å². The lowest BCUT2D eigenvalue weighted by Crippen LogP contribution is -2.39. The van der Waals surface area contributed by atoms with Gasteiger partial charge in [0.15, 0.2) is 0 Å². The van der Waals surface area contributed by atoms with Crippen LogP contribution in [0.4, 0.5) is 10.8 Å². The van der Waals surface area contributed by atoms with Crippen molar-refractivity contribution in [2.45, 2.75) is 32.4 Å². The molecular formula is C16H18N4O3S. The van der Waals surface area contributed by atoms with Crippen LogP contribution in [0.2, 0.25) is 0 Å². The van der Waals surface area contributed by atoms with Crippen LogP contribution >= 0.6 is 11.3 Å². The largest absolute Gasteiger partial charge is 0.324 e. The summed E-state index contributed by atoms with van der Waals surface area (Å²) in [5.74, 6) is 0.480. The smallest absolute Gasteiger partial charge is 0.309 e. The van der Waals surface area contributed by atoms with Crippen LogP contribution < -0.4 is 5.32 Å². The van der Waals surface area contributed by atoms with Crippen molar-refractivity contribution in [1.29, 1.82) is 0 Å². The predicted octanol–water partition coefficient (Wildman–Crippen LogP) is 2.96. The highest BCUT2D eigenvalue weighted by Gasteiger charge is 2.31. The molecule has 1 saturated heterocycles. The molecule has 7 nitrogen and oxygen atoms in total. The van der Waals surface area contributed by atoms with Gasteiger partial charge in [-0.1, -0.05) is 17.4 Å². The van der Waals surface area contributed by atoms with Gasteiger partial charge >= 0.3 is 5.00 Å². The third kappa shape index (κ3) is 3.77. The second-order valence-corrected chi connectivity index (χ2v) is 6.72. The fourth-order valence-electron chi connectivity index (χ4n) is 2.91. The van der Waals surface area contributed by atoms with Crippen molar-refractivity contribution in [2.75, 3.05) is 11.9 Å². The zero-order valence-electron chi connectivity index (χ0n) is 13.3. The van der Waals surface area contributed by atoms with E-state index in [4.69, 9.17) is 0 Å². The van der Waals surface area contributed by atoms with Crippen LogP contribution in [0.1, 0.15) is 24.1 Å². The minimum absolute atomic E-state index is 0.0738. The summed E-state index contributed by atoms with van der Waals surface area (Å²) in [6, 6.07) is 6.86. The number of thiophene rings is 1. The van der Waals surface area contributed by atoms with E-state index in [0.29, 0.717) is 12.4 Å². The van der Waals surface area contributed by atoms with E-state index in [1.165, 1.54) is 0 Å². The number of carbonyl (C=O) groups excluding carboxylic acids is 1. The van der Waals surface area contributed by atoms with E-state index in [1.54, 1.807) is 17.5 Å². The molecule has 2 aromatic rings. The standard InChI is InChI=1S/C16H18N4O3S/c1-11-4-2-6-14(17-11)18-16(21)13-5-3-7-19(13)9-12-8-15(20(22)23)24-10-12/h2,4,6,8,10,13H,3,5,7,9H2,1H3,(H,17,18,21)/t13-/m0/s1. The molecule has 1 aliphatic heterocycles. The van der Waals surface area contributed by atoms with Gasteiger partial charge in [0.05, 0.1) is 11.0 Å². The van der Waals surface area contributed by atoms with Gasteiger partial charge in [-0.25, -0.2) is 4.98 Å². The fourth-order valence-corrected chi connectivity index (χ4v) is 3.63. The van der Waals surface area contributed by atoms with E-state index >= 15 is 0 Å². The number of carbonyl (C=O) groups is 1. The van der Waals surface area contributed by atoms with Crippen molar-refractivity contribution in [3.63, 3.8) is 0 Å². The highest BCUT2D eigenvalue weighted by atomic mass is 32.1. The predicted molar refractivity (Wildman–Crippen MR) is 92.0 cm³/mol. The van der Waals surface area contributed by atoms with Gasteiger partial charge in [0.1, 0.15) is 5.82 Å². The fraction of sp³-hybridized carbons (Fsp3) is 0.375. The minimum atomic E-state index is -0.383. The molecule has 1 atom stereocenters. The molecule has 1 fully saturated rings. The summed E-state index contributed by atoms with van der Waals surface area (Å²) in [6.07, 6.45) is 1.72. The van der Waals surface area contributed by atoms with E-state index < -0.39 is 0 Å². The lowest BCUT2D eigenvalue weighted by atomic mass is 10.2. The van der Waals surface area contributed by atoms with Crippen molar-refractivity contribution < 1.29 is 9.72 Å². The van der Waals surface area contributed by atoms with Crippen molar-refractivity contribution in [2.24, 2.45) is 0 Å². The molecule has 1 amide bonds. The number of anilines is 1. The first-order chi connectivity index (χ1) is 11.5. The number of likely N-dealkylation sites (tertiary alicyclic amines) is 1. The van der Waals surface area contributed by atoms with Gasteiger partial charge in [-0.3, -0.25) is 19.8 Å². The number of hydrogen-bond donors (Lipinski definition) is 1.